The Bertz CT molecular complexity index is 969. The number of anilines is 1. The van der Waals surface area contributed by atoms with Gasteiger partial charge in [-0.2, -0.15) is 5.26 Å². The smallest absolute Gasteiger partial charge is 0.232 e. The van der Waals surface area contributed by atoms with Gasteiger partial charge < -0.3 is 9.64 Å². The highest BCUT2D eigenvalue weighted by molar-refractivity contribution is 5.87. The van der Waals surface area contributed by atoms with E-state index in [0.29, 0.717) is 36.3 Å². The van der Waals surface area contributed by atoms with Crippen LogP contribution in [0, 0.1) is 11.3 Å². The van der Waals surface area contributed by atoms with Crippen molar-refractivity contribution in [3.63, 3.8) is 0 Å². The number of aromatic nitrogens is 4. The Morgan fingerprint density at radius 2 is 1.81 bits per heavy atom. The lowest BCUT2D eigenvalue weighted by Gasteiger charge is -2.28. The maximum atomic E-state index is 9.77. The van der Waals surface area contributed by atoms with Gasteiger partial charge in [0.15, 0.2) is 5.82 Å². The van der Waals surface area contributed by atoms with Crippen molar-refractivity contribution in [2.24, 2.45) is 0 Å². The maximum Gasteiger partial charge on any atom is 0.232 e. The van der Waals surface area contributed by atoms with Crippen LogP contribution in [0.2, 0.25) is 0 Å². The van der Waals surface area contributed by atoms with Crippen LogP contribution in [0.15, 0.2) is 54.7 Å². The van der Waals surface area contributed by atoms with E-state index in [0.717, 1.165) is 18.8 Å². The summed E-state index contributed by atoms with van der Waals surface area (Å²) in [5.74, 6) is 1.21. The average molecular weight is 358 g/mol. The highest BCUT2D eigenvalue weighted by Crippen LogP contribution is 2.26. The number of hydrogen-bond acceptors (Lipinski definition) is 6. The van der Waals surface area contributed by atoms with Crippen molar-refractivity contribution in [1.82, 2.24) is 19.7 Å². The Hall–Kier alpha value is -3.50. The van der Waals surface area contributed by atoms with Gasteiger partial charge in [0.2, 0.25) is 5.95 Å². The van der Waals surface area contributed by atoms with Gasteiger partial charge in [0.05, 0.1) is 30.2 Å². The molecule has 7 nitrogen and oxygen atoms in total. The quantitative estimate of drug-likeness (QED) is 0.667. The zero-order valence-electron chi connectivity index (χ0n) is 14.7. The monoisotopic (exact) mass is 358 g/mol. The topological polar surface area (TPSA) is 79.9 Å². The van der Waals surface area contributed by atoms with E-state index in [1.807, 2.05) is 53.1 Å². The second-order valence-corrected chi connectivity index (χ2v) is 6.02. The van der Waals surface area contributed by atoms with E-state index in [2.05, 4.69) is 26.2 Å². The molecule has 4 rings (SSSR count). The van der Waals surface area contributed by atoms with E-state index < -0.39 is 0 Å². The predicted molar refractivity (Wildman–Crippen MR) is 102 cm³/mol. The SMILES string of the molecule is N#C/C(=C\c1ccccn1)c1nnc(N2CCOCC2)n1-c1ccccc1. The third-order valence-electron chi connectivity index (χ3n) is 4.30. The van der Waals surface area contributed by atoms with Gasteiger partial charge in [-0.15, -0.1) is 10.2 Å². The van der Waals surface area contributed by atoms with E-state index in [1.165, 1.54) is 0 Å². The minimum absolute atomic E-state index is 0.407. The predicted octanol–water partition coefficient (Wildman–Crippen LogP) is 2.56. The van der Waals surface area contributed by atoms with Crippen molar-refractivity contribution in [3.05, 3.63) is 66.2 Å². The fourth-order valence-electron chi connectivity index (χ4n) is 2.99. The molecule has 0 aliphatic carbocycles. The van der Waals surface area contributed by atoms with Crippen LogP contribution in [0.25, 0.3) is 17.3 Å². The summed E-state index contributed by atoms with van der Waals surface area (Å²) < 4.78 is 7.37. The molecule has 0 atom stereocenters. The highest BCUT2D eigenvalue weighted by Gasteiger charge is 2.23. The molecule has 0 unspecified atom stereocenters. The molecule has 0 N–H and O–H groups in total. The lowest BCUT2D eigenvalue weighted by molar-refractivity contribution is 0.122. The van der Waals surface area contributed by atoms with E-state index in [4.69, 9.17) is 4.74 Å². The van der Waals surface area contributed by atoms with Gasteiger partial charge in [0.25, 0.3) is 0 Å². The summed E-state index contributed by atoms with van der Waals surface area (Å²) >= 11 is 0. The maximum absolute atomic E-state index is 9.77. The van der Waals surface area contributed by atoms with Crippen molar-refractivity contribution < 1.29 is 4.74 Å². The van der Waals surface area contributed by atoms with E-state index in [-0.39, 0.29) is 0 Å². The minimum Gasteiger partial charge on any atom is -0.378 e. The van der Waals surface area contributed by atoms with Gasteiger partial charge >= 0.3 is 0 Å². The lowest BCUT2D eigenvalue weighted by Crippen LogP contribution is -2.38. The Balaban J connectivity index is 1.84. The molecule has 1 aromatic carbocycles. The number of nitrogens with zero attached hydrogens (tertiary/aromatic N) is 6. The summed E-state index contributed by atoms with van der Waals surface area (Å²) in [6.07, 6.45) is 3.43. The molecule has 3 aromatic rings. The molecular formula is C20H18N6O. The average Bonchev–Trinajstić information content (AvgIpc) is 3.19. The number of para-hydroxylation sites is 1. The molecule has 2 aromatic heterocycles. The third-order valence-corrected chi connectivity index (χ3v) is 4.30. The minimum atomic E-state index is 0.407. The molecule has 134 valence electrons. The summed E-state index contributed by atoms with van der Waals surface area (Å²) in [6, 6.07) is 17.6. The van der Waals surface area contributed by atoms with Gasteiger partial charge in [-0.25, -0.2) is 0 Å². The number of pyridine rings is 1. The zero-order chi connectivity index (χ0) is 18.5. The fourth-order valence-corrected chi connectivity index (χ4v) is 2.99. The molecule has 0 radical (unpaired) electrons. The number of nitriles is 1. The summed E-state index contributed by atoms with van der Waals surface area (Å²) in [5.41, 5.74) is 2.01. The van der Waals surface area contributed by atoms with E-state index >= 15 is 0 Å². The lowest BCUT2D eigenvalue weighted by atomic mass is 10.2. The highest BCUT2D eigenvalue weighted by atomic mass is 16.5. The van der Waals surface area contributed by atoms with Gasteiger partial charge in [-0.05, 0) is 30.3 Å². The molecule has 0 saturated carbocycles. The summed E-state index contributed by atoms with van der Waals surface area (Å²) in [7, 11) is 0. The third kappa shape index (κ3) is 3.57. The van der Waals surface area contributed by atoms with Crippen molar-refractivity contribution in [2.75, 3.05) is 31.2 Å². The van der Waals surface area contributed by atoms with Crippen LogP contribution in [-0.2, 0) is 4.74 Å². The number of ether oxygens (including phenoxy) is 1. The Morgan fingerprint density at radius 1 is 1.04 bits per heavy atom. The van der Waals surface area contributed by atoms with Crippen molar-refractivity contribution in [1.29, 1.82) is 5.26 Å². The molecule has 7 heteroatoms. The molecule has 0 amide bonds. The van der Waals surface area contributed by atoms with E-state index in [1.54, 1.807) is 12.3 Å². The van der Waals surface area contributed by atoms with Crippen LogP contribution in [0.1, 0.15) is 11.5 Å². The van der Waals surface area contributed by atoms with Crippen molar-refractivity contribution in [3.8, 4) is 11.8 Å². The molecule has 1 saturated heterocycles. The Labute approximate surface area is 157 Å². The van der Waals surface area contributed by atoms with Crippen LogP contribution < -0.4 is 4.90 Å². The normalized spacial score (nSPS) is 14.8. The largest absolute Gasteiger partial charge is 0.378 e. The molecule has 27 heavy (non-hydrogen) atoms. The van der Waals surface area contributed by atoms with Gasteiger partial charge in [-0.1, -0.05) is 24.3 Å². The first kappa shape index (κ1) is 16.9. The Kier molecular flexibility index (Phi) is 4.90. The second-order valence-electron chi connectivity index (χ2n) is 6.02. The van der Waals surface area contributed by atoms with Crippen LogP contribution in [0.5, 0.6) is 0 Å². The number of benzene rings is 1. The molecular weight excluding hydrogens is 340 g/mol. The summed E-state index contributed by atoms with van der Waals surface area (Å²) in [6.45, 7) is 2.76. The first-order valence-electron chi connectivity index (χ1n) is 8.73. The first-order valence-corrected chi connectivity index (χ1v) is 8.73. The summed E-state index contributed by atoms with van der Waals surface area (Å²) in [4.78, 5) is 6.41. The molecule has 1 fully saturated rings. The summed E-state index contributed by atoms with van der Waals surface area (Å²) in [5, 5.41) is 18.5. The number of allylic oxidation sites excluding steroid dienone is 1. The molecule has 0 spiro atoms. The number of hydrogen-bond donors (Lipinski definition) is 0. The number of morpholine rings is 1. The van der Waals surface area contributed by atoms with Gasteiger partial charge in [-0.3, -0.25) is 9.55 Å². The van der Waals surface area contributed by atoms with Crippen molar-refractivity contribution in [2.45, 2.75) is 0 Å². The first-order chi connectivity index (χ1) is 13.4. The fraction of sp³-hybridized carbons (Fsp3) is 0.200. The standard InChI is InChI=1S/C20H18N6O/c21-15-16(14-17-6-4-5-9-22-17)19-23-24-20(25-10-12-27-13-11-25)26(19)18-7-2-1-3-8-18/h1-9,14H,10-13H2/b16-14+. The van der Waals surface area contributed by atoms with Crippen LogP contribution in [0.3, 0.4) is 0 Å². The molecule has 1 aliphatic rings. The van der Waals surface area contributed by atoms with Gasteiger partial charge in [0, 0.05) is 19.3 Å². The zero-order valence-corrected chi connectivity index (χ0v) is 14.7. The molecule has 1 aliphatic heterocycles. The second kappa shape index (κ2) is 7.81. The molecule has 3 heterocycles. The van der Waals surface area contributed by atoms with Gasteiger partial charge in [0.1, 0.15) is 6.07 Å². The van der Waals surface area contributed by atoms with E-state index in [9.17, 15) is 5.26 Å². The van der Waals surface area contributed by atoms with Crippen molar-refractivity contribution >= 4 is 17.6 Å². The Morgan fingerprint density at radius 3 is 2.52 bits per heavy atom. The van der Waals surface area contributed by atoms with Crippen LogP contribution >= 0.6 is 0 Å². The van der Waals surface area contributed by atoms with Crippen LogP contribution in [-0.4, -0.2) is 46.1 Å². The molecule has 0 bridgehead atoms. The van der Waals surface area contributed by atoms with Crippen LogP contribution in [0.4, 0.5) is 5.95 Å². The number of rotatable bonds is 4.